The molecule has 0 unspecified atom stereocenters. The number of piperidine rings is 1. The second-order valence-electron chi connectivity index (χ2n) is 7.87. The van der Waals surface area contributed by atoms with E-state index in [1.165, 1.54) is 27.4 Å². The summed E-state index contributed by atoms with van der Waals surface area (Å²) in [7, 11) is -0.401. The first-order valence-electron chi connectivity index (χ1n) is 10.1. The number of hydrogen-bond acceptors (Lipinski definition) is 4. The van der Waals surface area contributed by atoms with Gasteiger partial charge in [0.25, 0.3) is 5.91 Å². The van der Waals surface area contributed by atoms with Gasteiger partial charge in [0.15, 0.2) is 0 Å². The first kappa shape index (κ1) is 24.5. The topological polar surface area (TPSA) is 86.8 Å². The summed E-state index contributed by atoms with van der Waals surface area (Å²) in [5.74, 6) is -0.469. The molecule has 0 radical (unpaired) electrons. The van der Waals surface area contributed by atoms with Crippen LogP contribution in [0.15, 0.2) is 47.4 Å². The van der Waals surface area contributed by atoms with Crippen LogP contribution in [0.2, 0.25) is 10.0 Å². The quantitative estimate of drug-likeness (QED) is 0.662. The summed E-state index contributed by atoms with van der Waals surface area (Å²) in [6.45, 7) is 0.793. The lowest BCUT2D eigenvalue weighted by atomic mass is 9.97. The van der Waals surface area contributed by atoms with E-state index in [-0.39, 0.29) is 40.7 Å². The maximum Gasteiger partial charge on any atom is 0.253 e. The molecule has 1 fully saturated rings. The molecular weight excluding hydrogens is 473 g/mol. The van der Waals surface area contributed by atoms with Gasteiger partial charge in [-0.25, -0.2) is 8.42 Å². The van der Waals surface area contributed by atoms with Gasteiger partial charge in [-0.15, -0.1) is 0 Å². The molecule has 10 heteroatoms. The number of carbonyl (C=O) groups is 2. The second kappa shape index (κ2) is 10.2. The van der Waals surface area contributed by atoms with Crippen molar-refractivity contribution < 1.29 is 18.0 Å². The molecule has 0 saturated carbocycles. The van der Waals surface area contributed by atoms with Gasteiger partial charge in [0.05, 0.1) is 5.02 Å². The normalized spacial score (nSPS) is 15.4. The Morgan fingerprint density at radius 1 is 1.06 bits per heavy atom. The molecule has 2 aromatic rings. The first-order valence-corrected chi connectivity index (χ1v) is 12.3. The van der Waals surface area contributed by atoms with Gasteiger partial charge in [0.1, 0.15) is 4.90 Å². The minimum absolute atomic E-state index is 0.0224. The summed E-state index contributed by atoms with van der Waals surface area (Å²) in [5, 5.41) is 3.31. The third-order valence-electron chi connectivity index (χ3n) is 5.41. The predicted octanol–water partition coefficient (Wildman–Crippen LogP) is 3.41. The van der Waals surface area contributed by atoms with Crippen LogP contribution in [0.3, 0.4) is 0 Å². The molecule has 32 heavy (non-hydrogen) atoms. The highest BCUT2D eigenvalue weighted by Gasteiger charge is 2.33. The smallest absolute Gasteiger partial charge is 0.253 e. The predicted molar refractivity (Wildman–Crippen MR) is 124 cm³/mol. The lowest BCUT2D eigenvalue weighted by Crippen LogP contribution is -2.42. The van der Waals surface area contributed by atoms with Crippen molar-refractivity contribution >= 4 is 45.0 Å². The molecule has 0 spiro atoms. The molecule has 7 nitrogen and oxygen atoms in total. The Morgan fingerprint density at radius 3 is 2.28 bits per heavy atom. The summed E-state index contributed by atoms with van der Waals surface area (Å²) in [6, 6.07) is 11.4. The van der Waals surface area contributed by atoms with Gasteiger partial charge in [0.2, 0.25) is 15.9 Å². The van der Waals surface area contributed by atoms with E-state index in [4.69, 9.17) is 23.2 Å². The Bertz CT molecular complexity index is 1100. The summed E-state index contributed by atoms with van der Waals surface area (Å²) < 4.78 is 27.2. The highest BCUT2D eigenvalue weighted by Crippen LogP contribution is 2.30. The van der Waals surface area contributed by atoms with E-state index >= 15 is 0 Å². The number of amides is 2. The van der Waals surface area contributed by atoms with Crippen LogP contribution in [0.1, 0.15) is 28.8 Å². The zero-order valence-electron chi connectivity index (χ0n) is 17.8. The van der Waals surface area contributed by atoms with Crippen LogP contribution < -0.4 is 5.32 Å². The minimum atomic E-state index is -3.78. The van der Waals surface area contributed by atoms with Crippen molar-refractivity contribution in [3.63, 3.8) is 0 Å². The number of sulfonamides is 1. The van der Waals surface area contributed by atoms with Gasteiger partial charge in [0, 0.05) is 50.2 Å². The fourth-order valence-electron chi connectivity index (χ4n) is 3.53. The summed E-state index contributed by atoms with van der Waals surface area (Å²) in [6.07, 6.45) is 0.832. The molecule has 0 bridgehead atoms. The molecule has 0 aromatic heterocycles. The Balaban J connectivity index is 1.54. The Kier molecular flexibility index (Phi) is 7.82. The van der Waals surface area contributed by atoms with Crippen LogP contribution in [0.25, 0.3) is 0 Å². The van der Waals surface area contributed by atoms with Gasteiger partial charge in [-0.3, -0.25) is 9.59 Å². The van der Waals surface area contributed by atoms with Crippen molar-refractivity contribution in [2.24, 2.45) is 5.92 Å². The lowest BCUT2D eigenvalue weighted by Gasteiger charge is -2.30. The summed E-state index contributed by atoms with van der Waals surface area (Å²) >= 11 is 12.0. The molecule has 3 rings (SSSR count). The first-order chi connectivity index (χ1) is 15.1. The number of nitrogens with one attached hydrogen (secondary N) is 1. The van der Waals surface area contributed by atoms with Crippen molar-refractivity contribution in [2.45, 2.75) is 24.3 Å². The van der Waals surface area contributed by atoms with Gasteiger partial charge >= 0.3 is 0 Å². The van der Waals surface area contributed by atoms with E-state index in [0.717, 1.165) is 5.56 Å². The highest BCUT2D eigenvalue weighted by molar-refractivity contribution is 7.89. The molecule has 1 N–H and O–H groups in total. The molecule has 1 heterocycles. The molecule has 1 aliphatic rings. The standard InChI is InChI=1S/C22H25Cl2N3O4S/c1-26(2)22(29)17-5-3-15(4-6-17)14-25-21(28)16-9-11-27(12-10-16)32(30,31)20-13-18(23)7-8-19(20)24/h3-8,13,16H,9-12,14H2,1-2H3,(H,25,28). The summed E-state index contributed by atoms with van der Waals surface area (Å²) in [5.41, 5.74) is 1.46. The molecule has 2 amide bonds. The number of rotatable bonds is 6. The van der Waals surface area contributed by atoms with E-state index in [1.807, 2.05) is 0 Å². The van der Waals surface area contributed by atoms with Gasteiger partial charge in [-0.1, -0.05) is 35.3 Å². The molecule has 1 saturated heterocycles. The van der Waals surface area contributed by atoms with Gasteiger partial charge in [-0.05, 0) is 48.7 Å². The SMILES string of the molecule is CN(C)C(=O)c1ccc(CNC(=O)C2CCN(S(=O)(=O)c3cc(Cl)ccc3Cl)CC2)cc1. The van der Waals surface area contributed by atoms with E-state index in [9.17, 15) is 18.0 Å². The van der Waals surface area contributed by atoms with Crippen LogP contribution in [-0.2, 0) is 21.4 Å². The number of halogens is 2. The average molecular weight is 498 g/mol. The van der Waals surface area contributed by atoms with E-state index < -0.39 is 10.0 Å². The number of hydrogen-bond donors (Lipinski definition) is 1. The Hall–Kier alpha value is -2.13. The minimum Gasteiger partial charge on any atom is -0.352 e. The maximum absolute atomic E-state index is 12.9. The molecule has 172 valence electrons. The van der Waals surface area contributed by atoms with E-state index in [2.05, 4.69) is 5.32 Å². The fourth-order valence-corrected chi connectivity index (χ4v) is 5.74. The monoisotopic (exact) mass is 497 g/mol. The largest absolute Gasteiger partial charge is 0.352 e. The van der Waals surface area contributed by atoms with Crippen LogP contribution in [0, 0.1) is 5.92 Å². The van der Waals surface area contributed by atoms with Crippen LogP contribution >= 0.6 is 23.2 Å². The van der Waals surface area contributed by atoms with Crippen molar-refractivity contribution in [3.05, 3.63) is 63.6 Å². The van der Waals surface area contributed by atoms with Crippen molar-refractivity contribution in [1.29, 1.82) is 0 Å². The Labute approximate surface area is 198 Å². The van der Waals surface area contributed by atoms with Crippen LogP contribution in [0.4, 0.5) is 0 Å². The molecule has 1 aliphatic heterocycles. The molecule has 2 aromatic carbocycles. The number of carbonyl (C=O) groups excluding carboxylic acids is 2. The second-order valence-corrected chi connectivity index (χ2v) is 10.6. The Morgan fingerprint density at radius 2 is 1.69 bits per heavy atom. The summed E-state index contributed by atoms with van der Waals surface area (Å²) in [4.78, 5) is 26.0. The number of benzene rings is 2. The molecule has 0 atom stereocenters. The fraction of sp³-hybridized carbons (Fsp3) is 0.364. The van der Waals surface area contributed by atoms with Crippen molar-refractivity contribution in [3.8, 4) is 0 Å². The van der Waals surface area contributed by atoms with E-state index in [1.54, 1.807) is 38.4 Å². The van der Waals surface area contributed by atoms with Gasteiger partial charge in [-0.2, -0.15) is 4.31 Å². The lowest BCUT2D eigenvalue weighted by molar-refractivity contribution is -0.126. The molecular formula is C22H25Cl2N3O4S. The third kappa shape index (κ3) is 5.61. The zero-order chi connectivity index (χ0) is 23.5. The third-order valence-corrected chi connectivity index (χ3v) is 8.02. The molecule has 0 aliphatic carbocycles. The van der Waals surface area contributed by atoms with Crippen LogP contribution in [0.5, 0.6) is 0 Å². The zero-order valence-corrected chi connectivity index (χ0v) is 20.2. The van der Waals surface area contributed by atoms with Crippen molar-refractivity contribution in [2.75, 3.05) is 27.2 Å². The highest BCUT2D eigenvalue weighted by atomic mass is 35.5. The van der Waals surface area contributed by atoms with E-state index in [0.29, 0.717) is 30.0 Å². The van der Waals surface area contributed by atoms with Crippen molar-refractivity contribution in [1.82, 2.24) is 14.5 Å². The van der Waals surface area contributed by atoms with Gasteiger partial charge < -0.3 is 10.2 Å². The average Bonchev–Trinajstić information content (AvgIpc) is 2.78. The van der Waals surface area contributed by atoms with Crippen LogP contribution in [-0.4, -0.2) is 56.6 Å². The number of nitrogens with zero attached hydrogens (tertiary/aromatic N) is 2. The maximum atomic E-state index is 12.9.